The van der Waals surface area contributed by atoms with Gasteiger partial charge in [0.15, 0.2) is 11.6 Å². The van der Waals surface area contributed by atoms with Crippen molar-refractivity contribution in [2.45, 2.75) is 0 Å². The third-order valence-electron chi connectivity index (χ3n) is 3.41. The number of halogens is 2. The standard InChI is InChI=1S/C17H8Cl2O4/c18-8-12(19)17(22)23-13-7-3-6-11-14(13)16(21)10-5-2-1-4-9(10)15(11)20/h1-8H. The van der Waals surface area contributed by atoms with Gasteiger partial charge in [-0.05, 0) is 6.07 Å². The van der Waals surface area contributed by atoms with Crippen molar-refractivity contribution in [3.8, 4) is 5.75 Å². The molecule has 23 heavy (non-hydrogen) atoms. The second-order valence-electron chi connectivity index (χ2n) is 4.73. The highest BCUT2D eigenvalue weighted by Gasteiger charge is 2.32. The predicted octanol–water partition coefficient (Wildman–Crippen LogP) is 3.69. The Bertz CT molecular complexity index is 884. The van der Waals surface area contributed by atoms with Gasteiger partial charge in [-0.2, -0.15) is 0 Å². The minimum Gasteiger partial charge on any atom is -0.421 e. The summed E-state index contributed by atoms with van der Waals surface area (Å²) in [6.45, 7) is 0. The van der Waals surface area contributed by atoms with Crippen LogP contribution in [0.1, 0.15) is 31.8 Å². The summed E-state index contributed by atoms with van der Waals surface area (Å²) in [4.78, 5) is 37.0. The summed E-state index contributed by atoms with van der Waals surface area (Å²) < 4.78 is 5.10. The zero-order valence-electron chi connectivity index (χ0n) is 11.5. The number of ketones is 2. The van der Waals surface area contributed by atoms with Gasteiger partial charge in [0.2, 0.25) is 0 Å². The van der Waals surface area contributed by atoms with Gasteiger partial charge in [0.1, 0.15) is 10.8 Å². The minimum atomic E-state index is -0.908. The number of rotatable bonds is 2. The van der Waals surface area contributed by atoms with Crippen LogP contribution in [0.2, 0.25) is 0 Å². The molecule has 0 N–H and O–H groups in total. The number of fused-ring (bicyclic) bond motifs is 2. The van der Waals surface area contributed by atoms with Gasteiger partial charge < -0.3 is 4.74 Å². The molecule has 0 radical (unpaired) electrons. The Balaban J connectivity index is 2.13. The molecule has 6 heteroatoms. The summed E-state index contributed by atoms with van der Waals surface area (Å²) in [5, 5.41) is -0.334. The predicted molar refractivity (Wildman–Crippen MR) is 85.2 cm³/mol. The zero-order valence-corrected chi connectivity index (χ0v) is 13.0. The highest BCUT2D eigenvalue weighted by Crippen LogP contribution is 2.33. The average molecular weight is 347 g/mol. The summed E-state index contributed by atoms with van der Waals surface area (Å²) in [5.74, 6) is -1.62. The molecular formula is C17H8Cl2O4. The first-order valence-corrected chi connectivity index (χ1v) is 7.35. The topological polar surface area (TPSA) is 60.4 Å². The first-order chi connectivity index (χ1) is 11.0. The van der Waals surface area contributed by atoms with E-state index in [4.69, 9.17) is 27.9 Å². The Morgan fingerprint density at radius 2 is 1.52 bits per heavy atom. The maximum absolute atomic E-state index is 12.7. The fraction of sp³-hybridized carbons (Fsp3) is 0. The largest absolute Gasteiger partial charge is 0.421 e. The molecule has 0 atom stereocenters. The second kappa shape index (κ2) is 5.99. The highest BCUT2D eigenvalue weighted by molar-refractivity contribution is 6.45. The van der Waals surface area contributed by atoms with E-state index < -0.39 is 5.97 Å². The van der Waals surface area contributed by atoms with Crippen molar-refractivity contribution in [1.82, 2.24) is 0 Å². The van der Waals surface area contributed by atoms with E-state index in [9.17, 15) is 14.4 Å². The monoisotopic (exact) mass is 346 g/mol. The first kappa shape index (κ1) is 15.5. The Morgan fingerprint density at radius 3 is 2.17 bits per heavy atom. The van der Waals surface area contributed by atoms with E-state index in [0.29, 0.717) is 5.56 Å². The summed E-state index contributed by atoms with van der Waals surface area (Å²) >= 11 is 11.0. The highest BCUT2D eigenvalue weighted by atomic mass is 35.5. The fourth-order valence-corrected chi connectivity index (χ4v) is 2.52. The van der Waals surface area contributed by atoms with Gasteiger partial charge in [-0.15, -0.1) is 0 Å². The van der Waals surface area contributed by atoms with Gasteiger partial charge in [-0.25, -0.2) is 4.79 Å². The molecular weight excluding hydrogens is 339 g/mol. The van der Waals surface area contributed by atoms with Crippen molar-refractivity contribution >= 4 is 40.7 Å². The van der Waals surface area contributed by atoms with Gasteiger partial charge in [0, 0.05) is 22.2 Å². The molecule has 0 saturated carbocycles. The SMILES string of the molecule is O=C(Oc1cccc2c1C(=O)c1ccccc1C2=O)C(Cl)=CCl. The van der Waals surface area contributed by atoms with E-state index in [-0.39, 0.29) is 39.0 Å². The van der Waals surface area contributed by atoms with Crippen molar-refractivity contribution in [3.05, 3.63) is 75.3 Å². The van der Waals surface area contributed by atoms with Crippen LogP contribution in [0.4, 0.5) is 0 Å². The number of hydrogen-bond donors (Lipinski definition) is 0. The van der Waals surface area contributed by atoms with Crippen LogP contribution in [0, 0.1) is 0 Å². The molecule has 0 unspecified atom stereocenters. The molecule has 2 aromatic carbocycles. The number of carbonyl (C=O) groups is 3. The molecule has 4 nitrogen and oxygen atoms in total. The first-order valence-electron chi connectivity index (χ1n) is 6.54. The number of carbonyl (C=O) groups excluding carboxylic acids is 3. The number of ether oxygens (including phenoxy) is 1. The molecule has 0 spiro atoms. The Labute approximate surface area is 141 Å². The van der Waals surface area contributed by atoms with Gasteiger partial charge >= 0.3 is 5.97 Å². The van der Waals surface area contributed by atoms with Crippen molar-refractivity contribution < 1.29 is 19.1 Å². The van der Waals surface area contributed by atoms with Crippen molar-refractivity contribution in [3.63, 3.8) is 0 Å². The average Bonchev–Trinajstić information content (AvgIpc) is 2.58. The van der Waals surface area contributed by atoms with Gasteiger partial charge in [0.25, 0.3) is 0 Å². The number of benzene rings is 2. The maximum atomic E-state index is 12.7. The molecule has 0 aromatic heterocycles. The summed E-state index contributed by atoms with van der Waals surface area (Å²) in [7, 11) is 0. The van der Waals surface area contributed by atoms with Gasteiger partial charge in [-0.3, -0.25) is 9.59 Å². The Kier molecular flexibility index (Phi) is 4.03. The summed E-state index contributed by atoms with van der Waals surface area (Å²) in [6.07, 6.45) is 0. The van der Waals surface area contributed by atoms with Crippen LogP contribution in [-0.4, -0.2) is 17.5 Å². The van der Waals surface area contributed by atoms with Crippen LogP contribution in [0.5, 0.6) is 5.75 Å². The summed E-state index contributed by atoms with van der Waals surface area (Å²) in [5.41, 5.74) is 1.69. The van der Waals surface area contributed by atoms with E-state index in [1.165, 1.54) is 18.2 Å². The molecule has 1 aliphatic rings. The second-order valence-corrected chi connectivity index (χ2v) is 5.35. The quantitative estimate of drug-likeness (QED) is 0.403. The Hall–Kier alpha value is -2.43. The lowest BCUT2D eigenvalue weighted by Crippen LogP contribution is -2.22. The van der Waals surface area contributed by atoms with E-state index in [1.54, 1.807) is 24.3 Å². The Morgan fingerprint density at radius 1 is 0.913 bits per heavy atom. The molecule has 0 aliphatic heterocycles. The van der Waals surface area contributed by atoms with E-state index >= 15 is 0 Å². The third-order valence-corrected chi connectivity index (χ3v) is 4.00. The van der Waals surface area contributed by atoms with Crippen molar-refractivity contribution in [2.24, 2.45) is 0 Å². The van der Waals surface area contributed by atoms with Crippen LogP contribution in [0.3, 0.4) is 0 Å². The van der Waals surface area contributed by atoms with Gasteiger partial charge in [0.05, 0.1) is 5.56 Å². The molecule has 2 aromatic rings. The smallest absolute Gasteiger partial charge is 0.356 e. The third kappa shape index (κ3) is 2.56. The lowest BCUT2D eigenvalue weighted by molar-refractivity contribution is -0.129. The van der Waals surface area contributed by atoms with E-state index in [2.05, 4.69) is 0 Å². The normalized spacial score (nSPS) is 13.4. The molecule has 0 heterocycles. The molecule has 0 bridgehead atoms. The van der Waals surface area contributed by atoms with Crippen molar-refractivity contribution in [1.29, 1.82) is 0 Å². The molecule has 3 rings (SSSR count). The van der Waals surface area contributed by atoms with Crippen LogP contribution in [0.25, 0.3) is 0 Å². The minimum absolute atomic E-state index is 0.0305. The fourth-order valence-electron chi connectivity index (χ4n) is 2.39. The maximum Gasteiger partial charge on any atom is 0.356 e. The molecule has 114 valence electrons. The molecule has 0 saturated heterocycles. The zero-order chi connectivity index (χ0) is 16.6. The van der Waals surface area contributed by atoms with E-state index in [0.717, 1.165) is 5.54 Å². The van der Waals surface area contributed by atoms with E-state index in [1.807, 2.05) is 0 Å². The summed E-state index contributed by atoms with van der Waals surface area (Å²) in [6, 6.07) is 11.0. The molecule has 0 fully saturated rings. The molecule has 1 aliphatic carbocycles. The molecule has 0 amide bonds. The number of esters is 1. The van der Waals surface area contributed by atoms with Gasteiger partial charge in [-0.1, -0.05) is 59.6 Å². The van der Waals surface area contributed by atoms with Crippen LogP contribution in [0.15, 0.2) is 53.0 Å². The number of hydrogen-bond acceptors (Lipinski definition) is 4. The lowest BCUT2D eigenvalue weighted by Gasteiger charge is -2.19. The lowest BCUT2D eigenvalue weighted by atomic mass is 9.83. The van der Waals surface area contributed by atoms with Crippen molar-refractivity contribution in [2.75, 3.05) is 0 Å². The van der Waals surface area contributed by atoms with Crippen LogP contribution >= 0.6 is 23.2 Å². The van der Waals surface area contributed by atoms with Crippen LogP contribution < -0.4 is 4.74 Å². The van der Waals surface area contributed by atoms with Crippen LogP contribution in [-0.2, 0) is 4.79 Å².